The van der Waals surface area contributed by atoms with Gasteiger partial charge in [0.2, 0.25) is 17.7 Å². The zero-order valence-corrected chi connectivity index (χ0v) is 15.0. The van der Waals surface area contributed by atoms with Crippen LogP contribution in [-0.2, 0) is 11.2 Å². The summed E-state index contributed by atoms with van der Waals surface area (Å²) >= 11 is 0. The molecule has 1 N–H and O–H groups in total. The van der Waals surface area contributed by atoms with Gasteiger partial charge in [-0.25, -0.2) is 9.97 Å². The number of carbonyl (C=O) groups excluding carboxylic acids is 1. The number of rotatable bonds is 5. The molecule has 1 saturated carbocycles. The molecule has 1 aliphatic carbocycles. The highest BCUT2D eigenvalue weighted by molar-refractivity contribution is 5.85. The summed E-state index contributed by atoms with van der Waals surface area (Å²) in [5.41, 5.74) is 0. The van der Waals surface area contributed by atoms with Crippen molar-refractivity contribution in [3.8, 4) is 0 Å². The molecule has 2 aromatic rings. The molecule has 0 aromatic carbocycles. The largest absolute Gasteiger partial charge is 0.354 e. The molecule has 1 amide bonds. The fraction of sp³-hybridized carbons (Fsp3) is 0.611. The molecular weight excluding hydrogens is 332 g/mol. The second-order valence-corrected chi connectivity index (χ2v) is 7.10. The smallest absolute Gasteiger partial charge is 0.242 e. The Hall–Kier alpha value is -2.51. The van der Waals surface area contributed by atoms with E-state index >= 15 is 0 Å². The van der Waals surface area contributed by atoms with Crippen molar-refractivity contribution < 1.29 is 9.32 Å². The number of carbonyl (C=O) groups is 1. The summed E-state index contributed by atoms with van der Waals surface area (Å²) in [6, 6.07) is 1.95. The lowest BCUT2D eigenvalue weighted by atomic mass is 9.85. The maximum Gasteiger partial charge on any atom is 0.242 e. The van der Waals surface area contributed by atoms with Crippen LogP contribution in [0, 0.1) is 12.8 Å². The van der Waals surface area contributed by atoms with Crippen molar-refractivity contribution >= 4 is 11.9 Å². The van der Waals surface area contributed by atoms with Crippen molar-refractivity contribution in [3.63, 3.8) is 0 Å². The minimum absolute atomic E-state index is 0.0306. The second kappa shape index (κ2) is 7.39. The van der Waals surface area contributed by atoms with Gasteiger partial charge in [0.25, 0.3) is 0 Å². The molecule has 3 unspecified atom stereocenters. The Kier molecular flexibility index (Phi) is 4.81. The molecule has 2 aromatic heterocycles. The van der Waals surface area contributed by atoms with E-state index < -0.39 is 0 Å². The van der Waals surface area contributed by atoms with Crippen LogP contribution in [0.25, 0.3) is 0 Å². The van der Waals surface area contributed by atoms with Gasteiger partial charge >= 0.3 is 0 Å². The van der Waals surface area contributed by atoms with Crippen molar-refractivity contribution in [3.05, 3.63) is 30.2 Å². The first kappa shape index (κ1) is 16.9. The molecule has 8 nitrogen and oxygen atoms in total. The van der Waals surface area contributed by atoms with Gasteiger partial charge in [0, 0.05) is 31.4 Å². The lowest BCUT2D eigenvalue weighted by Crippen LogP contribution is -2.48. The molecule has 0 bridgehead atoms. The number of anilines is 1. The SMILES string of the molecule is Cc1noc(CCNC(=O)C2CC3CCCCC3N2c2ncccn2)n1. The van der Waals surface area contributed by atoms with Crippen molar-refractivity contribution in [1.29, 1.82) is 0 Å². The van der Waals surface area contributed by atoms with Crippen LogP contribution in [0.4, 0.5) is 5.95 Å². The first-order valence-electron chi connectivity index (χ1n) is 9.34. The Balaban J connectivity index is 1.45. The second-order valence-electron chi connectivity index (χ2n) is 7.10. The fourth-order valence-corrected chi connectivity index (χ4v) is 4.26. The van der Waals surface area contributed by atoms with E-state index in [4.69, 9.17) is 4.52 Å². The Morgan fingerprint density at radius 2 is 2.12 bits per heavy atom. The number of amides is 1. The van der Waals surface area contributed by atoms with E-state index in [1.54, 1.807) is 25.4 Å². The number of hydrogen-bond donors (Lipinski definition) is 1. The number of aromatic nitrogens is 4. The van der Waals surface area contributed by atoms with Gasteiger partial charge in [-0.15, -0.1) is 0 Å². The lowest BCUT2D eigenvalue weighted by molar-refractivity contribution is -0.122. The zero-order valence-electron chi connectivity index (χ0n) is 15.0. The summed E-state index contributed by atoms with van der Waals surface area (Å²) in [5.74, 6) is 2.39. The van der Waals surface area contributed by atoms with Crippen LogP contribution in [0.2, 0.25) is 0 Å². The summed E-state index contributed by atoms with van der Waals surface area (Å²) in [6.45, 7) is 2.26. The maximum atomic E-state index is 12.9. The summed E-state index contributed by atoms with van der Waals surface area (Å²) in [4.78, 5) is 28.0. The molecule has 0 radical (unpaired) electrons. The van der Waals surface area contributed by atoms with Crippen LogP contribution in [0.15, 0.2) is 23.0 Å². The van der Waals surface area contributed by atoms with Crippen molar-refractivity contribution in [1.82, 2.24) is 25.4 Å². The fourth-order valence-electron chi connectivity index (χ4n) is 4.26. The number of nitrogens with one attached hydrogen (secondary N) is 1. The molecular formula is C18H24N6O2. The minimum Gasteiger partial charge on any atom is -0.354 e. The van der Waals surface area contributed by atoms with Crippen LogP contribution < -0.4 is 10.2 Å². The Morgan fingerprint density at radius 1 is 1.31 bits per heavy atom. The van der Waals surface area contributed by atoms with E-state index in [9.17, 15) is 4.79 Å². The highest BCUT2D eigenvalue weighted by atomic mass is 16.5. The third kappa shape index (κ3) is 3.40. The van der Waals surface area contributed by atoms with Gasteiger partial charge in [0.15, 0.2) is 5.82 Å². The van der Waals surface area contributed by atoms with Gasteiger partial charge in [0.1, 0.15) is 6.04 Å². The van der Waals surface area contributed by atoms with E-state index in [-0.39, 0.29) is 11.9 Å². The van der Waals surface area contributed by atoms with E-state index in [2.05, 4.69) is 30.3 Å². The van der Waals surface area contributed by atoms with Gasteiger partial charge in [-0.05, 0) is 38.2 Å². The van der Waals surface area contributed by atoms with Gasteiger partial charge < -0.3 is 14.7 Å². The molecule has 8 heteroatoms. The highest BCUT2D eigenvalue weighted by Gasteiger charge is 2.46. The van der Waals surface area contributed by atoms with Crippen LogP contribution in [0.1, 0.15) is 43.8 Å². The molecule has 1 aliphatic heterocycles. The van der Waals surface area contributed by atoms with Crippen molar-refractivity contribution in [2.45, 2.75) is 57.5 Å². The van der Waals surface area contributed by atoms with E-state index in [0.29, 0.717) is 42.6 Å². The standard InChI is InChI=1S/C18H24N6O2/c1-12-22-16(26-23-12)7-10-19-17(25)15-11-13-5-2-3-6-14(13)24(15)18-20-8-4-9-21-18/h4,8-9,13-15H,2-3,5-7,10-11H2,1H3,(H,19,25). The van der Waals surface area contributed by atoms with Gasteiger partial charge in [-0.3, -0.25) is 4.79 Å². The van der Waals surface area contributed by atoms with Crippen LogP contribution in [0.5, 0.6) is 0 Å². The number of nitrogens with zero attached hydrogens (tertiary/aromatic N) is 5. The predicted octanol–water partition coefficient (Wildman–Crippen LogP) is 1.66. The number of aryl methyl sites for hydroxylation is 1. The van der Waals surface area contributed by atoms with E-state index in [1.165, 1.54) is 19.3 Å². The summed E-state index contributed by atoms with van der Waals surface area (Å²) in [5, 5.41) is 6.80. The number of fused-ring (bicyclic) bond motifs is 1. The van der Waals surface area contributed by atoms with E-state index in [1.807, 2.05) is 0 Å². The normalized spacial score (nSPS) is 25.1. The summed E-state index contributed by atoms with van der Waals surface area (Å²) in [7, 11) is 0. The Bertz CT molecular complexity index is 749. The first-order valence-corrected chi connectivity index (χ1v) is 9.34. The third-order valence-corrected chi connectivity index (χ3v) is 5.38. The van der Waals surface area contributed by atoms with Gasteiger partial charge in [-0.1, -0.05) is 18.0 Å². The molecule has 26 heavy (non-hydrogen) atoms. The van der Waals surface area contributed by atoms with E-state index in [0.717, 1.165) is 12.8 Å². The predicted molar refractivity (Wildman–Crippen MR) is 94.4 cm³/mol. The third-order valence-electron chi connectivity index (χ3n) is 5.38. The Morgan fingerprint density at radius 3 is 2.88 bits per heavy atom. The van der Waals surface area contributed by atoms with Crippen molar-refractivity contribution in [2.75, 3.05) is 11.4 Å². The molecule has 3 heterocycles. The average molecular weight is 356 g/mol. The highest BCUT2D eigenvalue weighted by Crippen LogP contribution is 2.41. The zero-order chi connectivity index (χ0) is 17.9. The number of hydrogen-bond acceptors (Lipinski definition) is 7. The topological polar surface area (TPSA) is 97.0 Å². The molecule has 1 saturated heterocycles. The van der Waals surface area contributed by atoms with Gasteiger partial charge in [0.05, 0.1) is 0 Å². The molecule has 2 fully saturated rings. The van der Waals surface area contributed by atoms with Gasteiger partial charge in [-0.2, -0.15) is 4.98 Å². The van der Waals surface area contributed by atoms with Crippen LogP contribution >= 0.6 is 0 Å². The maximum absolute atomic E-state index is 12.9. The summed E-state index contributed by atoms with van der Waals surface area (Å²) < 4.78 is 5.10. The first-order chi connectivity index (χ1) is 12.7. The Labute approximate surface area is 152 Å². The molecule has 2 aliphatic rings. The summed E-state index contributed by atoms with van der Waals surface area (Å²) in [6.07, 6.45) is 9.62. The van der Waals surface area contributed by atoms with Crippen LogP contribution in [-0.4, -0.2) is 44.6 Å². The van der Waals surface area contributed by atoms with Crippen molar-refractivity contribution in [2.24, 2.45) is 5.92 Å². The van der Waals surface area contributed by atoms with Crippen LogP contribution in [0.3, 0.4) is 0 Å². The molecule has 3 atom stereocenters. The molecule has 0 spiro atoms. The molecule has 4 rings (SSSR count). The average Bonchev–Trinajstić information content (AvgIpc) is 3.26. The lowest BCUT2D eigenvalue weighted by Gasteiger charge is -2.33. The minimum atomic E-state index is -0.213. The quantitative estimate of drug-likeness (QED) is 0.870. The monoisotopic (exact) mass is 356 g/mol. The molecule has 138 valence electrons.